The average Bonchev–Trinajstić information content (AvgIpc) is 2.50. The van der Waals surface area contributed by atoms with Crippen molar-refractivity contribution < 1.29 is 4.79 Å². The number of carbonyl (C=O) groups is 1. The molecule has 0 aliphatic heterocycles. The first-order chi connectivity index (χ1) is 9.61. The summed E-state index contributed by atoms with van der Waals surface area (Å²) in [6.07, 6.45) is 0. The van der Waals surface area contributed by atoms with Crippen LogP contribution in [0.3, 0.4) is 0 Å². The van der Waals surface area contributed by atoms with Gasteiger partial charge in [0.1, 0.15) is 0 Å². The predicted molar refractivity (Wildman–Crippen MR) is 83.6 cm³/mol. The Hall–Kier alpha value is -1.87. The van der Waals surface area contributed by atoms with E-state index in [1.54, 1.807) is 4.90 Å². The molecule has 1 unspecified atom stereocenters. The van der Waals surface area contributed by atoms with Gasteiger partial charge in [0.25, 0.3) is 0 Å². The molecule has 0 spiro atoms. The van der Waals surface area contributed by atoms with Crippen molar-refractivity contribution in [3.05, 3.63) is 48.0 Å². The number of rotatable bonds is 5. The Morgan fingerprint density at radius 3 is 2.60 bits per heavy atom. The fourth-order valence-corrected chi connectivity index (χ4v) is 2.19. The molecule has 3 heteroatoms. The first-order valence-corrected chi connectivity index (χ1v) is 7.08. The van der Waals surface area contributed by atoms with Crippen LogP contribution < -0.4 is 5.32 Å². The number of carbonyl (C=O) groups excluding carboxylic acids is 1. The van der Waals surface area contributed by atoms with Gasteiger partial charge in [-0.05, 0) is 36.2 Å². The van der Waals surface area contributed by atoms with Crippen molar-refractivity contribution in [2.24, 2.45) is 0 Å². The van der Waals surface area contributed by atoms with Gasteiger partial charge in [-0.1, -0.05) is 36.4 Å². The summed E-state index contributed by atoms with van der Waals surface area (Å²) in [4.78, 5) is 13.7. The zero-order valence-corrected chi connectivity index (χ0v) is 12.4. The minimum atomic E-state index is -0.161. The van der Waals surface area contributed by atoms with Crippen molar-refractivity contribution in [1.82, 2.24) is 10.2 Å². The van der Waals surface area contributed by atoms with Gasteiger partial charge in [-0.15, -0.1) is 0 Å². The third kappa shape index (κ3) is 3.36. The second kappa shape index (κ2) is 6.53. The highest BCUT2D eigenvalue weighted by Crippen LogP contribution is 2.15. The maximum atomic E-state index is 12.0. The van der Waals surface area contributed by atoms with E-state index in [2.05, 4.69) is 35.6 Å². The fourth-order valence-electron chi connectivity index (χ4n) is 2.19. The Morgan fingerprint density at radius 2 is 1.90 bits per heavy atom. The van der Waals surface area contributed by atoms with Crippen LogP contribution in [0.2, 0.25) is 0 Å². The molecule has 1 amide bonds. The largest absolute Gasteiger partial charge is 0.345 e. The number of hydrogen-bond acceptors (Lipinski definition) is 2. The van der Waals surface area contributed by atoms with E-state index in [0.717, 1.165) is 6.54 Å². The molecular weight excluding hydrogens is 248 g/mol. The number of benzene rings is 2. The Kier molecular flexibility index (Phi) is 4.74. The first kappa shape index (κ1) is 14.5. The molecule has 2 aromatic rings. The minimum absolute atomic E-state index is 0.133. The quantitative estimate of drug-likeness (QED) is 0.906. The smallest absolute Gasteiger partial charge is 0.239 e. The van der Waals surface area contributed by atoms with Crippen LogP contribution >= 0.6 is 0 Å². The SMILES string of the molecule is CCN(C)C(=O)C(C)NCc1ccc2ccccc2c1. The number of fused-ring (bicyclic) bond motifs is 1. The molecule has 1 atom stereocenters. The van der Waals surface area contributed by atoms with Gasteiger partial charge in [-0.2, -0.15) is 0 Å². The lowest BCUT2D eigenvalue weighted by molar-refractivity contribution is -0.131. The lowest BCUT2D eigenvalue weighted by Gasteiger charge is -2.20. The number of nitrogens with one attached hydrogen (secondary N) is 1. The highest BCUT2D eigenvalue weighted by molar-refractivity contribution is 5.83. The topological polar surface area (TPSA) is 32.3 Å². The second-order valence-electron chi connectivity index (χ2n) is 5.14. The van der Waals surface area contributed by atoms with Gasteiger partial charge in [-0.3, -0.25) is 4.79 Å². The van der Waals surface area contributed by atoms with Crippen LogP contribution in [0.5, 0.6) is 0 Å². The summed E-state index contributed by atoms with van der Waals surface area (Å²) in [5.74, 6) is 0.133. The van der Waals surface area contributed by atoms with Crippen molar-refractivity contribution in [1.29, 1.82) is 0 Å². The van der Waals surface area contributed by atoms with Crippen LogP contribution in [0.25, 0.3) is 10.8 Å². The molecule has 0 aliphatic rings. The predicted octanol–water partition coefficient (Wildman–Crippen LogP) is 2.80. The lowest BCUT2D eigenvalue weighted by Crippen LogP contribution is -2.42. The highest BCUT2D eigenvalue weighted by Gasteiger charge is 2.15. The van der Waals surface area contributed by atoms with Crippen molar-refractivity contribution in [2.75, 3.05) is 13.6 Å². The number of amides is 1. The standard InChI is InChI=1S/C17H22N2O/c1-4-19(3)17(20)13(2)18-12-14-9-10-15-7-5-6-8-16(15)11-14/h5-11,13,18H,4,12H2,1-3H3. The monoisotopic (exact) mass is 270 g/mol. The molecule has 2 rings (SSSR count). The minimum Gasteiger partial charge on any atom is -0.345 e. The molecule has 106 valence electrons. The Labute approximate surface area is 120 Å². The fraction of sp³-hybridized carbons (Fsp3) is 0.353. The van der Waals surface area contributed by atoms with Gasteiger partial charge in [0, 0.05) is 20.1 Å². The average molecular weight is 270 g/mol. The van der Waals surface area contributed by atoms with Crippen LogP contribution in [0.1, 0.15) is 19.4 Å². The van der Waals surface area contributed by atoms with Gasteiger partial charge in [0.2, 0.25) is 5.91 Å². The van der Waals surface area contributed by atoms with Crippen LogP contribution in [0, 0.1) is 0 Å². The van der Waals surface area contributed by atoms with Crippen molar-refractivity contribution in [2.45, 2.75) is 26.4 Å². The van der Waals surface area contributed by atoms with E-state index >= 15 is 0 Å². The van der Waals surface area contributed by atoms with Crippen LogP contribution in [-0.2, 0) is 11.3 Å². The summed E-state index contributed by atoms with van der Waals surface area (Å²) in [5, 5.41) is 5.76. The molecule has 0 saturated carbocycles. The van der Waals surface area contributed by atoms with Gasteiger partial charge in [0.15, 0.2) is 0 Å². The molecule has 0 saturated heterocycles. The van der Waals surface area contributed by atoms with Crippen LogP contribution in [-0.4, -0.2) is 30.4 Å². The molecule has 0 heterocycles. The summed E-state index contributed by atoms with van der Waals surface area (Å²) in [6, 6.07) is 14.5. The van der Waals surface area contributed by atoms with E-state index in [9.17, 15) is 4.79 Å². The molecule has 0 aromatic heterocycles. The van der Waals surface area contributed by atoms with E-state index < -0.39 is 0 Å². The highest BCUT2D eigenvalue weighted by atomic mass is 16.2. The third-order valence-corrected chi connectivity index (χ3v) is 3.65. The van der Waals surface area contributed by atoms with E-state index in [1.165, 1.54) is 16.3 Å². The van der Waals surface area contributed by atoms with E-state index in [-0.39, 0.29) is 11.9 Å². The zero-order valence-electron chi connectivity index (χ0n) is 12.4. The maximum Gasteiger partial charge on any atom is 0.239 e. The zero-order chi connectivity index (χ0) is 14.5. The molecule has 0 aliphatic carbocycles. The summed E-state index contributed by atoms with van der Waals surface area (Å²) < 4.78 is 0. The Bertz CT molecular complexity index is 594. The molecule has 0 fully saturated rings. The van der Waals surface area contributed by atoms with Crippen LogP contribution in [0.4, 0.5) is 0 Å². The molecule has 20 heavy (non-hydrogen) atoms. The normalized spacial score (nSPS) is 12.3. The van der Waals surface area contributed by atoms with Crippen LogP contribution in [0.15, 0.2) is 42.5 Å². The van der Waals surface area contributed by atoms with E-state index in [0.29, 0.717) is 6.54 Å². The number of nitrogens with zero attached hydrogens (tertiary/aromatic N) is 1. The molecule has 1 N–H and O–H groups in total. The van der Waals surface area contributed by atoms with Gasteiger partial charge in [-0.25, -0.2) is 0 Å². The second-order valence-corrected chi connectivity index (χ2v) is 5.14. The Morgan fingerprint density at radius 1 is 1.20 bits per heavy atom. The van der Waals surface area contributed by atoms with Gasteiger partial charge >= 0.3 is 0 Å². The van der Waals surface area contributed by atoms with Crippen molar-refractivity contribution in [3.8, 4) is 0 Å². The third-order valence-electron chi connectivity index (χ3n) is 3.65. The molecular formula is C17H22N2O. The van der Waals surface area contributed by atoms with Gasteiger partial charge in [0.05, 0.1) is 6.04 Å². The summed E-state index contributed by atoms with van der Waals surface area (Å²) >= 11 is 0. The van der Waals surface area contributed by atoms with Crippen molar-refractivity contribution in [3.63, 3.8) is 0 Å². The number of hydrogen-bond donors (Lipinski definition) is 1. The summed E-state index contributed by atoms with van der Waals surface area (Å²) in [5.41, 5.74) is 1.20. The first-order valence-electron chi connectivity index (χ1n) is 7.08. The molecule has 3 nitrogen and oxygen atoms in total. The summed E-state index contributed by atoms with van der Waals surface area (Å²) in [6.45, 7) is 5.33. The number of likely N-dealkylation sites (N-methyl/N-ethyl adjacent to an activating group) is 1. The van der Waals surface area contributed by atoms with Crippen molar-refractivity contribution >= 4 is 16.7 Å². The molecule has 0 bridgehead atoms. The molecule has 0 radical (unpaired) electrons. The summed E-state index contributed by atoms with van der Waals surface area (Å²) in [7, 11) is 1.83. The lowest BCUT2D eigenvalue weighted by atomic mass is 10.1. The van der Waals surface area contributed by atoms with E-state index in [4.69, 9.17) is 0 Å². The van der Waals surface area contributed by atoms with Gasteiger partial charge < -0.3 is 10.2 Å². The molecule has 2 aromatic carbocycles. The maximum absolute atomic E-state index is 12.0. The Balaban J connectivity index is 2.00. The van der Waals surface area contributed by atoms with E-state index in [1.807, 2.05) is 33.0 Å².